The standard InChI is InChI=1S/C23H22N4OS/c1-15-8-10-18(11-9-15)27-19(28)12-13-24-22-21-20(17-6-4-3-5-7-17)16(2)29-23(21)26-14-25-22/h3-11,14H,12-13H2,1-2H3,(H,27,28)(H,24,25,26). The second-order valence-corrected chi connectivity index (χ2v) is 8.10. The molecule has 0 fully saturated rings. The summed E-state index contributed by atoms with van der Waals surface area (Å²) in [5.41, 5.74) is 4.27. The Balaban J connectivity index is 1.50. The number of thiophene rings is 1. The first-order valence-electron chi connectivity index (χ1n) is 9.52. The van der Waals surface area contributed by atoms with Crippen molar-refractivity contribution in [1.29, 1.82) is 0 Å². The zero-order valence-corrected chi connectivity index (χ0v) is 17.2. The monoisotopic (exact) mass is 402 g/mol. The fraction of sp³-hybridized carbons (Fsp3) is 0.174. The molecule has 0 aliphatic rings. The number of aryl methyl sites for hydroxylation is 2. The first-order chi connectivity index (χ1) is 14.1. The molecule has 29 heavy (non-hydrogen) atoms. The van der Waals surface area contributed by atoms with Crippen molar-refractivity contribution in [3.8, 4) is 11.1 Å². The Morgan fingerprint density at radius 3 is 2.52 bits per heavy atom. The summed E-state index contributed by atoms with van der Waals surface area (Å²) < 4.78 is 0. The highest BCUT2D eigenvalue weighted by atomic mass is 32.1. The zero-order chi connectivity index (χ0) is 20.2. The van der Waals surface area contributed by atoms with Crippen LogP contribution >= 0.6 is 11.3 Å². The molecule has 146 valence electrons. The Morgan fingerprint density at radius 1 is 1.00 bits per heavy atom. The predicted octanol–water partition coefficient (Wildman–Crippen LogP) is 5.42. The van der Waals surface area contributed by atoms with Gasteiger partial charge in [0.05, 0.1) is 5.39 Å². The number of rotatable bonds is 6. The summed E-state index contributed by atoms with van der Waals surface area (Å²) in [4.78, 5) is 23.3. The van der Waals surface area contributed by atoms with Gasteiger partial charge in [0.1, 0.15) is 17.0 Å². The minimum atomic E-state index is -0.0311. The second kappa shape index (κ2) is 8.41. The van der Waals surface area contributed by atoms with E-state index in [2.05, 4.69) is 39.7 Å². The van der Waals surface area contributed by atoms with Gasteiger partial charge in [0.2, 0.25) is 5.91 Å². The minimum absolute atomic E-state index is 0.0311. The van der Waals surface area contributed by atoms with Crippen LogP contribution in [0.2, 0.25) is 0 Å². The second-order valence-electron chi connectivity index (χ2n) is 6.89. The van der Waals surface area contributed by atoms with E-state index in [-0.39, 0.29) is 5.91 Å². The minimum Gasteiger partial charge on any atom is -0.369 e. The van der Waals surface area contributed by atoms with Crippen LogP contribution in [0.1, 0.15) is 16.9 Å². The molecule has 0 aliphatic heterocycles. The molecule has 1 amide bonds. The van der Waals surface area contributed by atoms with Gasteiger partial charge in [-0.15, -0.1) is 11.3 Å². The molecule has 4 rings (SSSR count). The summed E-state index contributed by atoms with van der Waals surface area (Å²) in [5, 5.41) is 7.27. The van der Waals surface area contributed by atoms with Crippen LogP contribution in [0.3, 0.4) is 0 Å². The van der Waals surface area contributed by atoms with E-state index in [0.717, 1.165) is 38.4 Å². The first-order valence-corrected chi connectivity index (χ1v) is 10.3. The molecule has 0 unspecified atom stereocenters. The third-order valence-corrected chi connectivity index (χ3v) is 5.72. The van der Waals surface area contributed by atoms with Crippen molar-refractivity contribution < 1.29 is 4.79 Å². The van der Waals surface area contributed by atoms with Crippen LogP contribution in [0.15, 0.2) is 60.9 Å². The molecule has 2 heterocycles. The number of anilines is 2. The van der Waals surface area contributed by atoms with Crippen LogP contribution in [0.5, 0.6) is 0 Å². The van der Waals surface area contributed by atoms with Crippen LogP contribution in [-0.4, -0.2) is 22.4 Å². The highest BCUT2D eigenvalue weighted by molar-refractivity contribution is 7.19. The number of benzene rings is 2. The van der Waals surface area contributed by atoms with E-state index < -0.39 is 0 Å². The van der Waals surface area contributed by atoms with Crippen LogP contribution in [0.4, 0.5) is 11.5 Å². The Bertz CT molecular complexity index is 1140. The smallest absolute Gasteiger partial charge is 0.226 e. The molecule has 0 atom stereocenters. The Labute approximate surface area is 173 Å². The van der Waals surface area contributed by atoms with Crippen molar-refractivity contribution >= 4 is 39.0 Å². The third-order valence-electron chi connectivity index (χ3n) is 4.71. The van der Waals surface area contributed by atoms with Crippen molar-refractivity contribution in [2.75, 3.05) is 17.2 Å². The van der Waals surface area contributed by atoms with Gasteiger partial charge in [-0.25, -0.2) is 9.97 Å². The lowest BCUT2D eigenvalue weighted by molar-refractivity contribution is -0.115. The van der Waals surface area contributed by atoms with Crippen molar-refractivity contribution in [2.24, 2.45) is 0 Å². The first kappa shape index (κ1) is 19.1. The van der Waals surface area contributed by atoms with Gasteiger partial charge in [-0.3, -0.25) is 4.79 Å². The van der Waals surface area contributed by atoms with Gasteiger partial charge in [0.25, 0.3) is 0 Å². The van der Waals surface area contributed by atoms with Crippen LogP contribution in [0.25, 0.3) is 21.3 Å². The molecule has 0 aliphatic carbocycles. The maximum atomic E-state index is 12.3. The van der Waals surface area contributed by atoms with Crippen LogP contribution in [-0.2, 0) is 4.79 Å². The largest absolute Gasteiger partial charge is 0.369 e. The fourth-order valence-electron chi connectivity index (χ4n) is 3.29. The topological polar surface area (TPSA) is 66.9 Å². The third kappa shape index (κ3) is 4.27. The molecule has 2 aromatic heterocycles. The molecule has 2 aromatic carbocycles. The van der Waals surface area contributed by atoms with E-state index in [4.69, 9.17) is 0 Å². The quantitative estimate of drug-likeness (QED) is 0.452. The lowest BCUT2D eigenvalue weighted by atomic mass is 10.0. The van der Waals surface area contributed by atoms with E-state index in [9.17, 15) is 4.79 Å². The fourth-order valence-corrected chi connectivity index (χ4v) is 4.30. The number of hydrogen-bond acceptors (Lipinski definition) is 5. The highest BCUT2D eigenvalue weighted by Gasteiger charge is 2.16. The van der Waals surface area contributed by atoms with E-state index in [1.807, 2.05) is 49.4 Å². The van der Waals surface area contributed by atoms with Gasteiger partial charge < -0.3 is 10.6 Å². The number of aromatic nitrogens is 2. The zero-order valence-electron chi connectivity index (χ0n) is 16.4. The Kier molecular flexibility index (Phi) is 5.53. The average Bonchev–Trinajstić information content (AvgIpc) is 3.07. The van der Waals surface area contributed by atoms with E-state index in [1.54, 1.807) is 17.7 Å². The SMILES string of the molecule is Cc1ccc(NC(=O)CCNc2ncnc3sc(C)c(-c4ccccc4)c23)cc1. The molecule has 2 N–H and O–H groups in total. The summed E-state index contributed by atoms with van der Waals surface area (Å²) in [6, 6.07) is 18.1. The molecule has 0 bridgehead atoms. The Morgan fingerprint density at radius 2 is 1.76 bits per heavy atom. The van der Waals surface area contributed by atoms with Crippen molar-refractivity contribution in [3.63, 3.8) is 0 Å². The number of carbonyl (C=O) groups is 1. The molecule has 6 heteroatoms. The summed E-state index contributed by atoms with van der Waals surface area (Å²) in [7, 11) is 0. The van der Waals surface area contributed by atoms with Crippen molar-refractivity contribution in [1.82, 2.24) is 9.97 Å². The molecule has 4 aromatic rings. The van der Waals surface area contributed by atoms with E-state index in [1.165, 1.54) is 4.88 Å². The normalized spacial score (nSPS) is 10.8. The predicted molar refractivity (Wildman–Crippen MR) is 121 cm³/mol. The number of hydrogen-bond donors (Lipinski definition) is 2. The van der Waals surface area contributed by atoms with E-state index in [0.29, 0.717) is 13.0 Å². The summed E-state index contributed by atoms with van der Waals surface area (Å²) in [5.74, 6) is 0.734. The van der Waals surface area contributed by atoms with Crippen molar-refractivity contribution in [2.45, 2.75) is 20.3 Å². The number of carbonyl (C=O) groups excluding carboxylic acids is 1. The highest BCUT2D eigenvalue weighted by Crippen LogP contribution is 2.40. The molecule has 5 nitrogen and oxygen atoms in total. The summed E-state index contributed by atoms with van der Waals surface area (Å²) in [6.07, 6.45) is 1.92. The summed E-state index contributed by atoms with van der Waals surface area (Å²) >= 11 is 1.66. The lowest BCUT2D eigenvalue weighted by Crippen LogP contribution is -2.16. The van der Waals surface area contributed by atoms with Gasteiger partial charge in [-0.2, -0.15) is 0 Å². The lowest BCUT2D eigenvalue weighted by Gasteiger charge is -2.09. The molecule has 0 spiro atoms. The van der Waals surface area contributed by atoms with Gasteiger partial charge in [-0.05, 0) is 31.5 Å². The molecular formula is C23H22N4OS. The average molecular weight is 403 g/mol. The van der Waals surface area contributed by atoms with E-state index >= 15 is 0 Å². The number of nitrogens with zero attached hydrogens (tertiary/aromatic N) is 2. The van der Waals surface area contributed by atoms with Gasteiger partial charge in [0.15, 0.2) is 0 Å². The van der Waals surface area contributed by atoms with Crippen LogP contribution < -0.4 is 10.6 Å². The van der Waals surface area contributed by atoms with Crippen molar-refractivity contribution in [3.05, 3.63) is 71.4 Å². The molecule has 0 saturated carbocycles. The molecular weight excluding hydrogens is 380 g/mol. The van der Waals surface area contributed by atoms with Crippen LogP contribution in [0, 0.1) is 13.8 Å². The number of nitrogens with one attached hydrogen (secondary N) is 2. The number of amides is 1. The van der Waals surface area contributed by atoms with Gasteiger partial charge >= 0.3 is 0 Å². The van der Waals surface area contributed by atoms with Gasteiger partial charge in [-0.1, -0.05) is 48.0 Å². The maximum Gasteiger partial charge on any atom is 0.226 e. The molecule has 0 radical (unpaired) electrons. The summed E-state index contributed by atoms with van der Waals surface area (Å²) in [6.45, 7) is 4.62. The molecule has 0 saturated heterocycles. The maximum absolute atomic E-state index is 12.3. The number of fused-ring (bicyclic) bond motifs is 1. The van der Waals surface area contributed by atoms with Gasteiger partial charge in [0, 0.05) is 29.1 Å². The Hall–Kier alpha value is -3.25.